The molecule has 0 aliphatic rings. The number of nitrogens with one attached hydrogen (secondary N) is 1. The van der Waals surface area contributed by atoms with E-state index in [4.69, 9.17) is 4.74 Å². The molecule has 0 saturated heterocycles. The normalized spacial score (nSPS) is 10.6. The Kier molecular flexibility index (Phi) is 6.63. The molecule has 0 aliphatic carbocycles. The molecule has 0 radical (unpaired) electrons. The average Bonchev–Trinajstić information content (AvgIpc) is 3.23. The number of pyridine rings is 1. The fraction of sp³-hybridized carbons (Fsp3) is 0.0909. The maximum Gasteiger partial charge on any atom is 0.234 e. The van der Waals surface area contributed by atoms with Crippen LogP contribution in [0.4, 0.5) is 5.69 Å². The number of ether oxygens (including phenoxy) is 1. The Morgan fingerprint density at radius 3 is 2.61 bits per heavy atom. The molecular weight excluding hydrogens is 478 g/mol. The van der Waals surface area contributed by atoms with E-state index in [1.807, 2.05) is 59.2 Å². The molecule has 4 aromatic rings. The number of thioether (sulfide) groups is 1. The third-order valence-electron chi connectivity index (χ3n) is 4.34. The van der Waals surface area contributed by atoms with Crippen molar-refractivity contribution in [2.75, 3.05) is 18.2 Å². The summed E-state index contributed by atoms with van der Waals surface area (Å²) in [4.78, 5) is 16.6. The van der Waals surface area contributed by atoms with E-state index >= 15 is 0 Å². The number of anilines is 1. The van der Waals surface area contributed by atoms with Gasteiger partial charge in [0, 0.05) is 39.9 Å². The Hall–Kier alpha value is -3.17. The highest BCUT2D eigenvalue weighted by Crippen LogP contribution is 2.28. The Morgan fingerprint density at radius 2 is 1.87 bits per heavy atom. The van der Waals surface area contributed by atoms with Crippen molar-refractivity contribution in [1.82, 2.24) is 19.7 Å². The molecule has 1 amide bonds. The van der Waals surface area contributed by atoms with Crippen molar-refractivity contribution in [1.29, 1.82) is 0 Å². The van der Waals surface area contributed by atoms with Crippen molar-refractivity contribution in [3.63, 3.8) is 0 Å². The van der Waals surface area contributed by atoms with Gasteiger partial charge in [0.05, 0.1) is 12.9 Å². The SMILES string of the molecule is COc1cccc(NC(=O)CSc2nnc(-c3ccncc3)n2-c2ccc(Br)cc2)c1. The predicted molar refractivity (Wildman–Crippen MR) is 125 cm³/mol. The zero-order chi connectivity index (χ0) is 21.6. The van der Waals surface area contributed by atoms with Gasteiger partial charge in [0.1, 0.15) is 5.75 Å². The summed E-state index contributed by atoms with van der Waals surface area (Å²) < 4.78 is 8.11. The number of rotatable bonds is 7. The summed E-state index contributed by atoms with van der Waals surface area (Å²) >= 11 is 4.78. The molecule has 9 heteroatoms. The lowest BCUT2D eigenvalue weighted by molar-refractivity contribution is -0.113. The van der Waals surface area contributed by atoms with Crippen LogP contribution in [0.1, 0.15) is 0 Å². The smallest absolute Gasteiger partial charge is 0.234 e. The van der Waals surface area contributed by atoms with E-state index in [9.17, 15) is 4.79 Å². The number of carbonyl (C=O) groups excluding carboxylic acids is 1. The zero-order valence-electron chi connectivity index (χ0n) is 16.5. The lowest BCUT2D eigenvalue weighted by Gasteiger charge is -2.11. The van der Waals surface area contributed by atoms with Crippen molar-refractivity contribution in [2.45, 2.75) is 5.16 Å². The van der Waals surface area contributed by atoms with Crippen LogP contribution in [0.3, 0.4) is 0 Å². The number of amides is 1. The summed E-state index contributed by atoms with van der Waals surface area (Å²) in [6.07, 6.45) is 3.43. The monoisotopic (exact) mass is 495 g/mol. The van der Waals surface area contributed by atoms with Gasteiger partial charge in [-0.05, 0) is 48.5 Å². The highest BCUT2D eigenvalue weighted by Gasteiger charge is 2.17. The van der Waals surface area contributed by atoms with Gasteiger partial charge in [0.2, 0.25) is 5.91 Å². The van der Waals surface area contributed by atoms with Crippen LogP contribution >= 0.6 is 27.7 Å². The predicted octanol–water partition coefficient (Wildman–Crippen LogP) is 4.83. The molecule has 0 atom stereocenters. The second-order valence-corrected chi connectivity index (χ2v) is 8.28. The van der Waals surface area contributed by atoms with Gasteiger partial charge < -0.3 is 10.1 Å². The first kappa shape index (κ1) is 21.1. The largest absolute Gasteiger partial charge is 0.497 e. The van der Waals surface area contributed by atoms with Crippen LogP contribution in [0.5, 0.6) is 5.75 Å². The van der Waals surface area contributed by atoms with Gasteiger partial charge in [-0.25, -0.2) is 0 Å². The van der Waals surface area contributed by atoms with Crippen molar-refractivity contribution in [3.05, 3.63) is 77.5 Å². The maximum atomic E-state index is 12.5. The van der Waals surface area contributed by atoms with Gasteiger partial charge in [0.15, 0.2) is 11.0 Å². The van der Waals surface area contributed by atoms with Crippen LogP contribution < -0.4 is 10.1 Å². The van der Waals surface area contributed by atoms with Crippen molar-refractivity contribution in [3.8, 4) is 22.8 Å². The molecule has 4 rings (SSSR count). The van der Waals surface area contributed by atoms with Crippen molar-refractivity contribution >= 4 is 39.3 Å². The molecule has 0 bridgehead atoms. The molecule has 0 saturated carbocycles. The standard InChI is InChI=1S/C22H18BrN5O2S/c1-30-19-4-2-3-17(13-19)25-20(29)14-31-22-27-26-21(15-9-11-24-12-10-15)28(22)18-7-5-16(23)6-8-18/h2-13H,14H2,1H3,(H,25,29). The number of hydrogen-bond donors (Lipinski definition) is 1. The van der Waals surface area contributed by atoms with E-state index < -0.39 is 0 Å². The zero-order valence-corrected chi connectivity index (χ0v) is 18.9. The second-order valence-electron chi connectivity index (χ2n) is 6.42. The molecule has 2 heterocycles. The molecule has 0 unspecified atom stereocenters. The Labute approximate surface area is 192 Å². The summed E-state index contributed by atoms with van der Waals surface area (Å²) in [6.45, 7) is 0. The minimum Gasteiger partial charge on any atom is -0.497 e. The molecule has 0 aliphatic heterocycles. The number of benzene rings is 2. The Balaban J connectivity index is 1.57. The van der Waals surface area contributed by atoms with Crippen LogP contribution in [-0.4, -0.2) is 38.5 Å². The van der Waals surface area contributed by atoms with E-state index in [-0.39, 0.29) is 11.7 Å². The Bertz CT molecular complexity index is 1180. The molecule has 0 fully saturated rings. The highest BCUT2D eigenvalue weighted by atomic mass is 79.9. The molecule has 7 nitrogen and oxygen atoms in total. The summed E-state index contributed by atoms with van der Waals surface area (Å²) in [7, 11) is 1.59. The Morgan fingerprint density at radius 1 is 1.10 bits per heavy atom. The minimum atomic E-state index is -0.144. The summed E-state index contributed by atoms with van der Waals surface area (Å²) in [5.74, 6) is 1.40. The van der Waals surface area contributed by atoms with Crippen LogP contribution in [0.15, 0.2) is 82.7 Å². The molecule has 2 aromatic carbocycles. The quantitative estimate of drug-likeness (QED) is 0.369. The van der Waals surface area contributed by atoms with E-state index in [0.29, 0.717) is 22.4 Å². The van der Waals surface area contributed by atoms with Gasteiger partial charge in [-0.1, -0.05) is 33.8 Å². The maximum absolute atomic E-state index is 12.5. The van der Waals surface area contributed by atoms with Gasteiger partial charge in [-0.15, -0.1) is 10.2 Å². The number of carbonyl (C=O) groups is 1. The van der Waals surface area contributed by atoms with E-state index in [2.05, 4.69) is 36.4 Å². The summed E-state index contributed by atoms with van der Waals surface area (Å²) in [5, 5.41) is 12.2. The average molecular weight is 496 g/mol. The summed E-state index contributed by atoms with van der Waals surface area (Å²) in [5.41, 5.74) is 2.46. The first-order valence-corrected chi connectivity index (χ1v) is 11.1. The molecule has 2 aromatic heterocycles. The van der Waals surface area contributed by atoms with Gasteiger partial charge in [-0.2, -0.15) is 0 Å². The topological polar surface area (TPSA) is 81.9 Å². The first-order valence-electron chi connectivity index (χ1n) is 9.32. The van der Waals surface area contributed by atoms with E-state index in [1.165, 1.54) is 11.8 Å². The van der Waals surface area contributed by atoms with Crippen LogP contribution in [-0.2, 0) is 4.79 Å². The fourth-order valence-corrected chi connectivity index (χ4v) is 3.92. The number of hydrogen-bond acceptors (Lipinski definition) is 6. The molecule has 0 spiro atoms. The third kappa shape index (κ3) is 5.12. The third-order valence-corrected chi connectivity index (χ3v) is 5.80. The van der Waals surface area contributed by atoms with E-state index in [0.717, 1.165) is 15.7 Å². The van der Waals surface area contributed by atoms with E-state index in [1.54, 1.807) is 25.6 Å². The fourth-order valence-electron chi connectivity index (χ4n) is 2.90. The van der Waals surface area contributed by atoms with Gasteiger partial charge in [0.25, 0.3) is 0 Å². The highest BCUT2D eigenvalue weighted by molar-refractivity contribution is 9.10. The minimum absolute atomic E-state index is 0.144. The number of halogens is 1. The van der Waals surface area contributed by atoms with Crippen LogP contribution in [0.25, 0.3) is 17.1 Å². The lowest BCUT2D eigenvalue weighted by atomic mass is 10.2. The van der Waals surface area contributed by atoms with Gasteiger partial charge in [-0.3, -0.25) is 14.3 Å². The first-order chi connectivity index (χ1) is 15.1. The molecular formula is C22H18BrN5O2S. The number of aromatic nitrogens is 4. The number of nitrogens with zero attached hydrogens (tertiary/aromatic N) is 4. The number of methoxy groups -OCH3 is 1. The molecule has 156 valence electrons. The molecule has 31 heavy (non-hydrogen) atoms. The molecule has 1 N–H and O–H groups in total. The lowest BCUT2D eigenvalue weighted by Crippen LogP contribution is -2.14. The van der Waals surface area contributed by atoms with Crippen LogP contribution in [0.2, 0.25) is 0 Å². The summed E-state index contributed by atoms with van der Waals surface area (Å²) in [6, 6.07) is 18.8. The van der Waals surface area contributed by atoms with Crippen LogP contribution in [0, 0.1) is 0 Å². The van der Waals surface area contributed by atoms with Gasteiger partial charge >= 0.3 is 0 Å². The van der Waals surface area contributed by atoms with Crippen molar-refractivity contribution < 1.29 is 9.53 Å². The second kappa shape index (κ2) is 9.76. The van der Waals surface area contributed by atoms with Crippen molar-refractivity contribution in [2.24, 2.45) is 0 Å².